The van der Waals surface area contributed by atoms with E-state index in [-0.39, 0.29) is 5.54 Å². The average molecular weight is 260 g/mol. The van der Waals surface area contributed by atoms with Gasteiger partial charge >= 0.3 is 0 Å². The zero-order valence-electron chi connectivity index (χ0n) is 12.5. The summed E-state index contributed by atoms with van der Waals surface area (Å²) in [5.41, 5.74) is 9.26. The Morgan fingerprint density at radius 3 is 2.79 bits per heavy atom. The van der Waals surface area contributed by atoms with Crippen molar-refractivity contribution in [2.24, 2.45) is 5.73 Å². The largest absolute Gasteiger partial charge is 0.328 e. The van der Waals surface area contributed by atoms with Gasteiger partial charge in [-0.05, 0) is 50.4 Å². The van der Waals surface area contributed by atoms with Gasteiger partial charge in [0.15, 0.2) is 0 Å². The van der Waals surface area contributed by atoms with Gasteiger partial charge in [0.25, 0.3) is 0 Å². The molecule has 0 heterocycles. The number of aryl methyl sites for hydroxylation is 1. The average Bonchev–Trinajstić information content (AvgIpc) is 2.46. The van der Waals surface area contributed by atoms with Gasteiger partial charge in [-0.1, -0.05) is 44.0 Å². The lowest BCUT2D eigenvalue weighted by atomic mass is 9.75. The van der Waals surface area contributed by atoms with E-state index in [4.69, 9.17) is 5.73 Å². The maximum absolute atomic E-state index is 6.22. The molecule has 0 aromatic heterocycles. The van der Waals surface area contributed by atoms with Crippen LogP contribution < -0.4 is 5.73 Å². The molecule has 0 radical (unpaired) electrons. The van der Waals surface area contributed by atoms with Crippen LogP contribution in [0.1, 0.15) is 50.2 Å². The number of nitrogens with two attached hydrogens (primary N) is 1. The first-order valence-corrected chi connectivity index (χ1v) is 7.74. The Bertz CT molecular complexity index is 402. The van der Waals surface area contributed by atoms with Crippen LogP contribution in [0, 0.1) is 0 Å². The molecule has 0 fully saturated rings. The van der Waals surface area contributed by atoms with Crippen LogP contribution in [0.3, 0.4) is 0 Å². The zero-order chi connectivity index (χ0) is 13.7. The van der Waals surface area contributed by atoms with Crippen molar-refractivity contribution in [3.05, 3.63) is 35.4 Å². The SMILES string of the molecule is CCCCCN(C)C1(CN)CCCc2ccccc21. The standard InChI is InChI=1S/C17H28N2/c1-3-4-7-13-19(2)17(14-18)12-8-10-15-9-5-6-11-16(15)17/h5-6,9,11H,3-4,7-8,10,12-14,18H2,1-2H3. The van der Waals surface area contributed by atoms with Gasteiger partial charge in [-0.3, -0.25) is 4.90 Å². The fourth-order valence-corrected chi connectivity index (χ4v) is 3.48. The fourth-order valence-electron chi connectivity index (χ4n) is 3.48. The highest BCUT2D eigenvalue weighted by Crippen LogP contribution is 2.38. The van der Waals surface area contributed by atoms with Crippen molar-refractivity contribution in [3.8, 4) is 0 Å². The normalized spacial score (nSPS) is 22.5. The third kappa shape index (κ3) is 2.85. The van der Waals surface area contributed by atoms with Crippen molar-refractivity contribution in [2.75, 3.05) is 20.1 Å². The number of rotatable bonds is 6. The molecule has 2 rings (SSSR count). The minimum Gasteiger partial charge on any atom is -0.328 e. The van der Waals surface area contributed by atoms with Crippen molar-refractivity contribution in [1.82, 2.24) is 4.90 Å². The van der Waals surface area contributed by atoms with Crippen LogP contribution in [0.5, 0.6) is 0 Å². The fraction of sp³-hybridized carbons (Fsp3) is 0.647. The van der Waals surface area contributed by atoms with E-state index in [0.29, 0.717) is 0 Å². The second-order valence-corrected chi connectivity index (χ2v) is 5.88. The number of hydrogen-bond donors (Lipinski definition) is 1. The summed E-state index contributed by atoms with van der Waals surface area (Å²) in [5.74, 6) is 0. The minimum atomic E-state index is 0.0720. The van der Waals surface area contributed by atoms with Crippen LogP contribution in [-0.2, 0) is 12.0 Å². The predicted octanol–water partition coefficient (Wildman–Crippen LogP) is 3.30. The van der Waals surface area contributed by atoms with E-state index < -0.39 is 0 Å². The summed E-state index contributed by atoms with van der Waals surface area (Å²) in [6, 6.07) is 8.88. The molecule has 1 atom stereocenters. The molecule has 1 unspecified atom stereocenters. The van der Waals surface area contributed by atoms with Gasteiger partial charge in [0.1, 0.15) is 0 Å². The topological polar surface area (TPSA) is 29.3 Å². The third-order valence-corrected chi connectivity index (χ3v) is 4.72. The summed E-state index contributed by atoms with van der Waals surface area (Å²) >= 11 is 0. The third-order valence-electron chi connectivity index (χ3n) is 4.72. The molecule has 0 saturated heterocycles. The molecule has 1 aromatic carbocycles. The highest BCUT2D eigenvalue weighted by molar-refractivity contribution is 5.36. The highest BCUT2D eigenvalue weighted by Gasteiger charge is 2.38. The molecule has 0 bridgehead atoms. The van der Waals surface area contributed by atoms with Crippen molar-refractivity contribution < 1.29 is 0 Å². The summed E-state index contributed by atoms with van der Waals surface area (Å²) in [5, 5.41) is 0. The Morgan fingerprint density at radius 2 is 2.05 bits per heavy atom. The molecule has 1 aliphatic carbocycles. The lowest BCUT2D eigenvalue weighted by Gasteiger charge is -2.45. The summed E-state index contributed by atoms with van der Waals surface area (Å²) in [7, 11) is 2.25. The summed E-state index contributed by atoms with van der Waals surface area (Å²) in [6.45, 7) is 4.14. The second kappa shape index (κ2) is 6.53. The van der Waals surface area contributed by atoms with Gasteiger partial charge in [-0.25, -0.2) is 0 Å². The number of fused-ring (bicyclic) bond motifs is 1. The molecule has 2 nitrogen and oxygen atoms in total. The number of unbranched alkanes of at least 4 members (excludes halogenated alkanes) is 2. The van der Waals surface area contributed by atoms with Crippen LogP contribution in [0.2, 0.25) is 0 Å². The molecular formula is C17H28N2. The Hall–Kier alpha value is -0.860. The quantitative estimate of drug-likeness (QED) is 0.795. The lowest BCUT2D eigenvalue weighted by Crippen LogP contribution is -2.51. The molecule has 1 aliphatic rings. The molecule has 0 spiro atoms. The number of hydrogen-bond acceptors (Lipinski definition) is 2. The highest BCUT2D eigenvalue weighted by atomic mass is 15.2. The van der Waals surface area contributed by atoms with E-state index in [1.165, 1.54) is 49.7 Å². The lowest BCUT2D eigenvalue weighted by molar-refractivity contribution is 0.102. The van der Waals surface area contributed by atoms with Gasteiger partial charge in [0.2, 0.25) is 0 Å². The molecule has 19 heavy (non-hydrogen) atoms. The van der Waals surface area contributed by atoms with Gasteiger partial charge in [-0.2, -0.15) is 0 Å². The maximum atomic E-state index is 6.22. The summed E-state index contributed by atoms with van der Waals surface area (Å²) in [6.07, 6.45) is 7.53. The van der Waals surface area contributed by atoms with Crippen molar-refractivity contribution >= 4 is 0 Å². The first kappa shape index (κ1) is 14.5. The van der Waals surface area contributed by atoms with E-state index in [1.54, 1.807) is 0 Å². The second-order valence-electron chi connectivity index (χ2n) is 5.88. The molecule has 2 heteroatoms. The summed E-state index contributed by atoms with van der Waals surface area (Å²) < 4.78 is 0. The molecule has 0 amide bonds. The van der Waals surface area contributed by atoms with Gasteiger partial charge in [0, 0.05) is 6.54 Å². The monoisotopic (exact) mass is 260 g/mol. The van der Waals surface area contributed by atoms with Gasteiger partial charge < -0.3 is 5.73 Å². The van der Waals surface area contributed by atoms with Crippen LogP contribution in [-0.4, -0.2) is 25.0 Å². The molecule has 106 valence electrons. The van der Waals surface area contributed by atoms with Crippen LogP contribution in [0.4, 0.5) is 0 Å². The van der Waals surface area contributed by atoms with Crippen molar-refractivity contribution in [3.63, 3.8) is 0 Å². The number of nitrogens with zero attached hydrogens (tertiary/aromatic N) is 1. The Kier molecular flexibility index (Phi) is 5.00. The molecule has 2 N–H and O–H groups in total. The van der Waals surface area contributed by atoms with E-state index in [1.807, 2.05) is 0 Å². The Labute approximate surface area is 118 Å². The van der Waals surface area contributed by atoms with Crippen LogP contribution >= 0.6 is 0 Å². The predicted molar refractivity (Wildman–Crippen MR) is 82.3 cm³/mol. The number of likely N-dealkylation sites (N-methyl/N-ethyl adjacent to an activating group) is 1. The van der Waals surface area contributed by atoms with E-state index in [9.17, 15) is 0 Å². The molecular weight excluding hydrogens is 232 g/mol. The van der Waals surface area contributed by atoms with E-state index >= 15 is 0 Å². The first-order chi connectivity index (χ1) is 9.24. The number of benzene rings is 1. The van der Waals surface area contributed by atoms with Crippen molar-refractivity contribution in [2.45, 2.75) is 51.0 Å². The van der Waals surface area contributed by atoms with Crippen LogP contribution in [0.15, 0.2) is 24.3 Å². The minimum absolute atomic E-state index is 0.0720. The van der Waals surface area contributed by atoms with Gasteiger partial charge in [0.05, 0.1) is 5.54 Å². The zero-order valence-corrected chi connectivity index (χ0v) is 12.5. The Balaban J connectivity index is 2.23. The van der Waals surface area contributed by atoms with Crippen LogP contribution in [0.25, 0.3) is 0 Å². The first-order valence-electron chi connectivity index (χ1n) is 7.74. The maximum Gasteiger partial charge on any atom is 0.0584 e. The van der Waals surface area contributed by atoms with E-state index in [0.717, 1.165) is 13.1 Å². The van der Waals surface area contributed by atoms with Crippen molar-refractivity contribution in [1.29, 1.82) is 0 Å². The Morgan fingerprint density at radius 1 is 1.26 bits per heavy atom. The van der Waals surface area contributed by atoms with E-state index in [2.05, 4.69) is 43.1 Å². The smallest absolute Gasteiger partial charge is 0.0584 e. The van der Waals surface area contributed by atoms with Gasteiger partial charge in [-0.15, -0.1) is 0 Å². The summed E-state index contributed by atoms with van der Waals surface area (Å²) in [4.78, 5) is 2.51. The molecule has 0 saturated carbocycles. The molecule has 0 aliphatic heterocycles. The molecule has 1 aromatic rings.